The van der Waals surface area contributed by atoms with E-state index in [2.05, 4.69) is 5.32 Å². The van der Waals surface area contributed by atoms with Gasteiger partial charge in [-0.2, -0.15) is 11.3 Å². The van der Waals surface area contributed by atoms with E-state index in [4.69, 9.17) is 5.73 Å². The van der Waals surface area contributed by atoms with Gasteiger partial charge in [-0.1, -0.05) is 12.1 Å². The van der Waals surface area contributed by atoms with Crippen LogP contribution in [0.4, 0.5) is 0 Å². The highest BCUT2D eigenvalue weighted by Crippen LogP contribution is 2.16. The lowest BCUT2D eigenvalue weighted by atomic mass is 10.1. The van der Waals surface area contributed by atoms with E-state index in [1.54, 1.807) is 35.6 Å². The number of carbonyl (C=O) groups excluding carboxylic acids is 1. The molecule has 1 unspecified atom stereocenters. The molecular formula is C15H18N2O2S. The number of nitrogens with two attached hydrogens (primary N) is 1. The molecule has 0 fully saturated rings. The third-order valence-electron chi connectivity index (χ3n) is 3.13. The number of nitrogens with one attached hydrogen (secondary N) is 1. The van der Waals surface area contributed by atoms with Crippen molar-refractivity contribution in [3.05, 3.63) is 52.2 Å². The Bertz CT molecular complexity index is 552. The second-order valence-corrected chi connectivity index (χ2v) is 5.54. The fourth-order valence-electron chi connectivity index (χ4n) is 1.90. The number of phenolic OH excluding ortho intramolecular Hbond substituents is 1. The van der Waals surface area contributed by atoms with E-state index in [0.29, 0.717) is 6.42 Å². The summed E-state index contributed by atoms with van der Waals surface area (Å²) in [5.74, 6) is 0.0367. The van der Waals surface area contributed by atoms with Crippen molar-refractivity contribution in [2.75, 3.05) is 0 Å². The Kier molecular flexibility index (Phi) is 4.76. The summed E-state index contributed by atoms with van der Waals surface area (Å²) in [6, 6.07) is 8.07. The van der Waals surface area contributed by atoms with Gasteiger partial charge in [0.15, 0.2) is 0 Å². The molecule has 0 saturated carbocycles. The van der Waals surface area contributed by atoms with Gasteiger partial charge in [0.1, 0.15) is 5.75 Å². The van der Waals surface area contributed by atoms with E-state index in [-0.39, 0.29) is 17.7 Å². The van der Waals surface area contributed by atoms with Crippen molar-refractivity contribution in [2.24, 2.45) is 5.73 Å². The van der Waals surface area contributed by atoms with Crippen LogP contribution in [0.1, 0.15) is 24.1 Å². The lowest BCUT2D eigenvalue weighted by Crippen LogP contribution is -2.42. The molecule has 4 N–H and O–H groups in total. The largest absolute Gasteiger partial charge is 0.508 e. The molecule has 1 amide bonds. The lowest BCUT2D eigenvalue weighted by molar-refractivity contribution is -0.123. The highest BCUT2D eigenvalue weighted by Gasteiger charge is 2.17. The van der Waals surface area contributed by atoms with Gasteiger partial charge in [-0.15, -0.1) is 0 Å². The molecule has 20 heavy (non-hydrogen) atoms. The molecule has 0 aliphatic rings. The number of hydrogen-bond acceptors (Lipinski definition) is 4. The van der Waals surface area contributed by atoms with E-state index < -0.39 is 6.04 Å². The molecule has 106 valence electrons. The number of amides is 1. The summed E-state index contributed by atoms with van der Waals surface area (Å²) in [5.41, 5.74) is 7.93. The second-order valence-electron chi connectivity index (χ2n) is 4.76. The third-order valence-corrected chi connectivity index (χ3v) is 3.83. The summed E-state index contributed by atoms with van der Waals surface area (Å²) >= 11 is 1.60. The van der Waals surface area contributed by atoms with Crippen LogP contribution in [-0.2, 0) is 11.2 Å². The van der Waals surface area contributed by atoms with E-state index in [0.717, 1.165) is 11.1 Å². The molecule has 1 aromatic carbocycles. The fourth-order valence-corrected chi connectivity index (χ4v) is 2.66. The first-order chi connectivity index (χ1) is 9.56. The van der Waals surface area contributed by atoms with Gasteiger partial charge in [0.05, 0.1) is 12.1 Å². The van der Waals surface area contributed by atoms with Crippen LogP contribution < -0.4 is 11.1 Å². The molecule has 4 nitrogen and oxygen atoms in total. The third kappa shape index (κ3) is 3.82. The van der Waals surface area contributed by atoms with Crippen molar-refractivity contribution in [1.29, 1.82) is 0 Å². The minimum absolute atomic E-state index is 0.0420. The zero-order valence-corrected chi connectivity index (χ0v) is 12.1. The fraction of sp³-hybridized carbons (Fsp3) is 0.267. The Labute approximate surface area is 122 Å². The summed E-state index contributed by atoms with van der Waals surface area (Å²) in [5, 5.41) is 16.1. The molecule has 0 radical (unpaired) electrons. The highest BCUT2D eigenvalue weighted by molar-refractivity contribution is 7.07. The zero-order chi connectivity index (χ0) is 14.5. The highest BCUT2D eigenvalue weighted by atomic mass is 32.1. The van der Waals surface area contributed by atoms with Gasteiger partial charge >= 0.3 is 0 Å². The van der Waals surface area contributed by atoms with Crippen molar-refractivity contribution in [3.63, 3.8) is 0 Å². The van der Waals surface area contributed by atoms with Gasteiger partial charge in [0.2, 0.25) is 5.91 Å². The Morgan fingerprint density at radius 1 is 1.35 bits per heavy atom. The number of carbonyl (C=O) groups is 1. The molecule has 2 rings (SSSR count). The quantitative estimate of drug-likeness (QED) is 0.790. The Balaban J connectivity index is 1.90. The zero-order valence-electron chi connectivity index (χ0n) is 11.2. The van der Waals surface area contributed by atoms with Crippen LogP contribution in [0.3, 0.4) is 0 Å². The van der Waals surface area contributed by atoms with Crippen LogP contribution in [0.25, 0.3) is 0 Å². The molecule has 0 saturated heterocycles. The van der Waals surface area contributed by atoms with Crippen LogP contribution >= 0.6 is 11.3 Å². The molecule has 5 heteroatoms. The van der Waals surface area contributed by atoms with Gasteiger partial charge in [0, 0.05) is 0 Å². The smallest absolute Gasteiger partial charge is 0.237 e. The summed E-state index contributed by atoms with van der Waals surface area (Å²) in [6.07, 6.45) is 0.447. The molecule has 2 atom stereocenters. The summed E-state index contributed by atoms with van der Waals surface area (Å²) in [4.78, 5) is 12.0. The van der Waals surface area contributed by atoms with Crippen LogP contribution in [0.2, 0.25) is 0 Å². The first kappa shape index (κ1) is 14.6. The van der Waals surface area contributed by atoms with Crippen LogP contribution in [0, 0.1) is 0 Å². The maximum atomic E-state index is 12.0. The van der Waals surface area contributed by atoms with E-state index in [9.17, 15) is 9.90 Å². The van der Waals surface area contributed by atoms with Crippen molar-refractivity contribution < 1.29 is 9.90 Å². The Hall–Kier alpha value is -1.85. The molecule has 0 aliphatic carbocycles. The molecule has 2 aromatic rings. The lowest BCUT2D eigenvalue weighted by Gasteiger charge is -2.17. The monoisotopic (exact) mass is 290 g/mol. The standard InChI is InChI=1S/C15H18N2O2S/c1-10(12-6-7-20-9-12)17-15(19)14(16)8-11-2-4-13(18)5-3-11/h2-7,9-10,14,18H,8,16H2,1H3,(H,17,19)/t10?,14-/m0/s1. The first-order valence-corrected chi connectivity index (χ1v) is 7.36. The van der Waals surface area contributed by atoms with Gasteiger partial charge in [-0.3, -0.25) is 4.79 Å². The maximum Gasteiger partial charge on any atom is 0.237 e. The SMILES string of the molecule is CC(NC(=O)[C@@H](N)Cc1ccc(O)cc1)c1ccsc1. The second kappa shape index (κ2) is 6.54. The van der Waals surface area contributed by atoms with E-state index >= 15 is 0 Å². The minimum atomic E-state index is -0.597. The number of thiophene rings is 1. The molecule has 0 aliphatic heterocycles. The van der Waals surface area contributed by atoms with E-state index in [1.807, 2.05) is 23.8 Å². The van der Waals surface area contributed by atoms with Gasteiger partial charge in [0.25, 0.3) is 0 Å². The number of rotatable bonds is 5. The van der Waals surface area contributed by atoms with Crippen molar-refractivity contribution in [1.82, 2.24) is 5.32 Å². The van der Waals surface area contributed by atoms with E-state index in [1.165, 1.54) is 0 Å². The molecule has 1 heterocycles. The van der Waals surface area contributed by atoms with Crippen LogP contribution in [-0.4, -0.2) is 17.1 Å². The average Bonchev–Trinajstić information content (AvgIpc) is 2.95. The number of phenols is 1. The molecule has 1 aromatic heterocycles. The van der Waals surface area contributed by atoms with Crippen LogP contribution in [0.5, 0.6) is 5.75 Å². The van der Waals surface area contributed by atoms with Crippen molar-refractivity contribution in [3.8, 4) is 5.75 Å². The number of hydrogen-bond donors (Lipinski definition) is 3. The predicted octanol–water partition coefficient (Wildman–Crippen LogP) is 2.20. The van der Waals surface area contributed by atoms with Crippen LogP contribution in [0.15, 0.2) is 41.1 Å². The minimum Gasteiger partial charge on any atom is -0.508 e. The first-order valence-electron chi connectivity index (χ1n) is 6.42. The van der Waals surface area contributed by atoms with Crippen molar-refractivity contribution >= 4 is 17.2 Å². The molecule has 0 spiro atoms. The van der Waals surface area contributed by atoms with Crippen molar-refractivity contribution in [2.45, 2.75) is 25.4 Å². The normalized spacial score (nSPS) is 13.7. The summed E-state index contributed by atoms with van der Waals surface area (Å²) in [7, 11) is 0. The predicted molar refractivity (Wildman–Crippen MR) is 80.7 cm³/mol. The van der Waals surface area contributed by atoms with Gasteiger partial charge < -0.3 is 16.2 Å². The summed E-state index contributed by atoms with van der Waals surface area (Å²) < 4.78 is 0. The molecule has 0 bridgehead atoms. The number of aromatic hydroxyl groups is 1. The topological polar surface area (TPSA) is 75.4 Å². The Morgan fingerprint density at radius 2 is 2.05 bits per heavy atom. The molecular weight excluding hydrogens is 272 g/mol. The maximum absolute atomic E-state index is 12.0. The number of benzene rings is 1. The Morgan fingerprint density at radius 3 is 2.65 bits per heavy atom. The van der Waals surface area contributed by atoms with Gasteiger partial charge in [-0.25, -0.2) is 0 Å². The summed E-state index contributed by atoms with van der Waals surface area (Å²) in [6.45, 7) is 1.94. The average molecular weight is 290 g/mol. The van der Waals surface area contributed by atoms with Gasteiger partial charge in [-0.05, 0) is 53.4 Å².